The second-order valence-electron chi connectivity index (χ2n) is 4.81. The molecule has 0 atom stereocenters. The number of halogens is 3. The Morgan fingerprint density at radius 2 is 1.75 bits per heavy atom. The summed E-state index contributed by atoms with van der Waals surface area (Å²) < 4.78 is 45.3. The smallest absolute Gasteiger partial charge is 0.405 e. The van der Waals surface area contributed by atoms with E-state index in [1.807, 2.05) is 0 Å². The van der Waals surface area contributed by atoms with Crippen LogP contribution in [0.3, 0.4) is 0 Å². The number of ether oxygens (including phenoxy) is 2. The Balaban J connectivity index is 2.71. The molecular weight excluding hydrogens is 333 g/mol. The zero-order chi connectivity index (χ0) is 18.5. The molecule has 1 aromatic heterocycles. The second kappa shape index (κ2) is 7.84. The quantitative estimate of drug-likeness (QED) is 0.760. The van der Waals surface area contributed by atoms with Crippen LogP contribution in [0, 0.1) is 13.8 Å². The highest BCUT2D eigenvalue weighted by Gasteiger charge is 2.28. The molecule has 7 nitrogen and oxygen atoms in total. The molecule has 0 aliphatic heterocycles. The Kier molecular flexibility index (Phi) is 6.38. The predicted molar refractivity (Wildman–Crippen MR) is 75.6 cm³/mol. The van der Waals surface area contributed by atoms with Crippen molar-refractivity contribution in [2.75, 3.05) is 19.8 Å². The molecule has 1 heterocycles. The molecule has 0 spiro atoms. The van der Waals surface area contributed by atoms with Gasteiger partial charge in [0.05, 0.1) is 12.2 Å². The molecule has 0 bridgehead atoms. The van der Waals surface area contributed by atoms with Gasteiger partial charge in [-0.3, -0.25) is 4.79 Å². The monoisotopic (exact) mass is 350 g/mol. The Hall–Kier alpha value is -2.52. The summed E-state index contributed by atoms with van der Waals surface area (Å²) >= 11 is 0. The number of amides is 1. The average molecular weight is 350 g/mol. The summed E-state index contributed by atoms with van der Waals surface area (Å²) in [6.45, 7) is 2.42. The highest BCUT2D eigenvalue weighted by molar-refractivity contribution is 5.99. The largest absolute Gasteiger partial charge is 0.462 e. The van der Waals surface area contributed by atoms with Crippen LogP contribution in [0.15, 0.2) is 0 Å². The van der Waals surface area contributed by atoms with Gasteiger partial charge in [0.25, 0.3) is 5.91 Å². The van der Waals surface area contributed by atoms with E-state index in [0.717, 1.165) is 0 Å². The van der Waals surface area contributed by atoms with Gasteiger partial charge >= 0.3 is 18.1 Å². The fourth-order valence-electron chi connectivity index (χ4n) is 1.92. The van der Waals surface area contributed by atoms with Gasteiger partial charge in [-0.05, 0) is 26.3 Å². The molecule has 0 saturated heterocycles. The fourth-order valence-corrected chi connectivity index (χ4v) is 1.92. The summed E-state index contributed by atoms with van der Waals surface area (Å²) in [4.78, 5) is 37.6. The maximum Gasteiger partial charge on any atom is 0.405 e. The Morgan fingerprint density at radius 1 is 1.12 bits per heavy atom. The Labute approximate surface area is 135 Å². The third-order valence-electron chi connectivity index (χ3n) is 2.94. The minimum atomic E-state index is -4.55. The van der Waals surface area contributed by atoms with Gasteiger partial charge in [0, 0.05) is 5.69 Å². The molecule has 134 valence electrons. The van der Waals surface area contributed by atoms with Crippen LogP contribution in [0.5, 0.6) is 0 Å². The van der Waals surface area contributed by atoms with E-state index in [4.69, 9.17) is 4.74 Å². The maximum absolute atomic E-state index is 11.9. The summed E-state index contributed by atoms with van der Waals surface area (Å²) in [5.41, 5.74) is 0.746. The van der Waals surface area contributed by atoms with Gasteiger partial charge < -0.3 is 19.8 Å². The van der Waals surface area contributed by atoms with Crippen molar-refractivity contribution in [2.24, 2.45) is 0 Å². The maximum atomic E-state index is 11.9. The number of nitrogens with one attached hydrogen (secondary N) is 2. The molecule has 1 amide bonds. The lowest BCUT2D eigenvalue weighted by Gasteiger charge is -2.08. The molecule has 0 fully saturated rings. The molecule has 0 aromatic carbocycles. The molecule has 1 aromatic rings. The van der Waals surface area contributed by atoms with Gasteiger partial charge in [-0.15, -0.1) is 0 Å². The van der Waals surface area contributed by atoms with E-state index in [0.29, 0.717) is 5.69 Å². The number of hydrogen-bond acceptors (Lipinski definition) is 5. The van der Waals surface area contributed by atoms with E-state index in [1.165, 1.54) is 6.92 Å². The van der Waals surface area contributed by atoms with Crippen LogP contribution in [0.1, 0.15) is 39.0 Å². The molecule has 0 unspecified atom stereocenters. The summed E-state index contributed by atoms with van der Waals surface area (Å²) in [6.07, 6.45) is -4.55. The summed E-state index contributed by atoms with van der Waals surface area (Å²) in [7, 11) is 0. The van der Waals surface area contributed by atoms with Crippen LogP contribution in [0.4, 0.5) is 13.2 Å². The number of H-pyrrole nitrogens is 1. The van der Waals surface area contributed by atoms with E-state index in [9.17, 15) is 27.6 Å². The lowest BCUT2D eigenvalue weighted by molar-refractivity contribution is -0.140. The van der Waals surface area contributed by atoms with Gasteiger partial charge in [0.1, 0.15) is 12.2 Å². The van der Waals surface area contributed by atoms with E-state index >= 15 is 0 Å². The molecule has 0 saturated carbocycles. The third-order valence-corrected chi connectivity index (χ3v) is 2.94. The van der Waals surface area contributed by atoms with E-state index in [1.54, 1.807) is 19.2 Å². The van der Waals surface area contributed by atoms with Crippen molar-refractivity contribution in [3.05, 3.63) is 22.5 Å². The summed E-state index contributed by atoms with van der Waals surface area (Å²) in [5.74, 6) is -2.67. The zero-order valence-electron chi connectivity index (χ0n) is 13.3. The molecule has 10 heteroatoms. The lowest BCUT2D eigenvalue weighted by atomic mass is 10.1. The van der Waals surface area contributed by atoms with Crippen LogP contribution in [-0.2, 0) is 14.3 Å². The minimum absolute atomic E-state index is 0.0702. The predicted octanol–water partition coefficient (Wildman–Crippen LogP) is 1.64. The van der Waals surface area contributed by atoms with Gasteiger partial charge in [-0.2, -0.15) is 13.2 Å². The second-order valence-corrected chi connectivity index (χ2v) is 4.81. The van der Waals surface area contributed by atoms with Crippen molar-refractivity contribution in [1.82, 2.24) is 10.3 Å². The molecule has 1 rings (SSSR count). The standard InChI is InChI=1S/C14H17F3N2O5/c1-4-23-12(21)10-7(2)11(19-8(10)3)13(22)24-5-9(20)18-6-14(15,16)17/h19H,4-6H2,1-3H3,(H,18,20). The minimum Gasteiger partial charge on any atom is -0.462 e. The molecule has 0 aliphatic rings. The van der Waals surface area contributed by atoms with Crippen molar-refractivity contribution < 1.29 is 37.0 Å². The number of carbonyl (C=O) groups excluding carboxylic acids is 3. The van der Waals surface area contributed by atoms with E-state index in [-0.39, 0.29) is 23.4 Å². The first-order chi connectivity index (χ1) is 11.1. The van der Waals surface area contributed by atoms with Gasteiger partial charge in [0.15, 0.2) is 6.61 Å². The van der Waals surface area contributed by atoms with Gasteiger partial charge in [-0.1, -0.05) is 0 Å². The normalized spacial score (nSPS) is 11.1. The van der Waals surface area contributed by atoms with Crippen molar-refractivity contribution in [2.45, 2.75) is 26.9 Å². The molecular formula is C14H17F3N2O5. The van der Waals surface area contributed by atoms with Crippen molar-refractivity contribution >= 4 is 17.8 Å². The molecule has 2 N–H and O–H groups in total. The van der Waals surface area contributed by atoms with E-state index < -0.39 is 37.2 Å². The zero-order valence-corrected chi connectivity index (χ0v) is 13.3. The molecule has 0 aliphatic carbocycles. The fraction of sp³-hybridized carbons (Fsp3) is 0.500. The van der Waals surface area contributed by atoms with E-state index in [2.05, 4.69) is 9.72 Å². The Morgan fingerprint density at radius 3 is 2.29 bits per heavy atom. The van der Waals surface area contributed by atoms with Gasteiger partial charge in [0.2, 0.25) is 0 Å². The van der Waals surface area contributed by atoms with Crippen LogP contribution < -0.4 is 5.32 Å². The number of alkyl halides is 3. The highest BCUT2D eigenvalue weighted by Crippen LogP contribution is 2.19. The number of aromatic nitrogens is 1. The number of esters is 2. The van der Waals surface area contributed by atoms with Gasteiger partial charge in [-0.25, -0.2) is 9.59 Å². The Bertz CT molecular complexity index is 637. The molecule has 24 heavy (non-hydrogen) atoms. The number of rotatable bonds is 6. The van der Waals surface area contributed by atoms with Crippen LogP contribution in [0.25, 0.3) is 0 Å². The lowest BCUT2D eigenvalue weighted by Crippen LogP contribution is -2.36. The highest BCUT2D eigenvalue weighted by atomic mass is 19.4. The third kappa shape index (κ3) is 5.28. The molecule has 0 radical (unpaired) electrons. The van der Waals surface area contributed by atoms with Crippen molar-refractivity contribution in [3.8, 4) is 0 Å². The van der Waals surface area contributed by atoms with Crippen LogP contribution in [-0.4, -0.2) is 48.8 Å². The topological polar surface area (TPSA) is 97.5 Å². The van der Waals surface area contributed by atoms with Crippen LogP contribution >= 0.6 is 0 Å². The van der Waals surface area contributed by atoms with Crippen molar-refractivity contribution in [1.29, 1.82) is 0 Å². The number of aromatic amines is 1. The summed E-state index contributed by atoms with van der Waals surface area (Å²) in [6, 6.07) is 0. The number of hydrogen-bond donors (Lipinski definition) is 2. The summed E-state index contributed by atoms with van der Waals surface area (Å²) in [5, 5.41) is 1.57. The first-order valence-corrected chi connectivity index (χ1v) is 6.93. The van der Waals surface area contributed by atoms with Crippen LogP contribution in [0.2, 0.25) is 0 Å². The first kappa shape index (κ1) is 19.5. The number of aryl methyl sites for hydroxylation is 1. The van der Waals surface area contributed by atoms with Crippen molar-refractivity contribution in [3.63, 3.8) is 0 Å². The average Bonchev–Trinajstić information content (AvgIpc) is 2.77. The first-order valence-electron chi connectivity index (χ1n) is 6.93. The SMILES string of the molecule is CCOC(=O)c1c(C)[nH]c(C(=O)OCC(=O)NCC(F)(F)F)c1C. The number of carbonyl (C=O) groups is 3.